The van der Waals surface area contributed by atoms with Crippen molar-refractivity contribution in [2.24, 2.45) is 0 Å². The predicted octanol–water partition coefficient (Wildman–Crippen LogP) is 2.38. The molecule has 0 saturated heterocycles. The average Bonchev–Trinajstić information content (AvgIpc) is 2.89. The summed E-state index contributed by atoms with van der Waals surface area (Å²) in [6.45, 7) is 3.59. The number of hydrogen-bond acceptors (Lipinski definition) is 3. The van der Waals surface area contributed by atoms with E-state index in [1.54, 1.807) is 6.07 Å². The van der Waals surface area contributed by atoms with Crippen LogP contribution in [-0.4, -0.2) is 23.5 Å². The Kier molecular flexibility index (Phi) is 3.89. The quantitative estimate of drug-likeness (QED) is 0.896. The highest BCUT2D eigenvalue weighted by atomic mass is 16.4. The number of hydrogen-bond donors (Lipinski definition) is 2. The second-order valence-electron chi connectivity index (χ2n) is 4.54. The second-order valence-corrected chi connectivity index (χ2v) is 4.54. The zero-order valence-corrected chi connectivity index (χ0v) is 11.3. The molecule has 1 aromatic carbocycles. The van der Waals surface area contributed by atoms with Gasteiger partial charge in [-0.15, -0.1) is 0 Å². The zero-order valence-electron chi connectivity index (χ0n) is 11.3. The normalized spacial score (nSPS) is 10.3. The number of carboxylic acid groups (broad SMARTS) is 1. The lowest BCUT2D eigenvalue weighted by Gasteiger charge is -2.03. The molecular formula is C15H15NO4. The van der Waals surface area contributed by atoms with Gasteiger partial charge in [0.2, 0.25) is 0 Å². The van der Waals surface area contributed by atoms with Crippen LogP contribution < -0.4 is 5.32 Å². The molecule has 0 radical (unpaired) electrons. The van der Waals surface area contributed by atoms with Crippen LogP contribution in [0.4, 0.5) is 0 Å². The molecule has 0 bridgehead atoms. The molecule has 2 rings (SSSR count). The Balaban J connectivity index is 2.17. The van der Waals surface area contributed by atoms with Crippen LogP contribution >= 0.6 is 0 Å². The van der Waals surface area contributed by atoms with Crippen LogP contribution in [0.2, 0.25) is 0 Å². The van der Waals surface area contributed by atoms with Gasteiger partial charge in [-0.25, -0.2) is 0 Å². The number of aryl methyl sites for hydroxylation is 2. The molecule has 1 amide bonds. The fraction of sp³-hybridized carbons (Fsp3) is 0.200. The number of carboxylic acids is 1. The SMILES string of the molecule is Cc1ccc(-c2ccc(C(=O)NCC(=O)O)o2)cc1C. The lowest BCUT2D eigenvalue weighted by atomic mass is 10.1. The monoisotopic (exact) mass is 273 g/mol. The van der Waals surface area contributed by atoms with E-state index in [9.17, 15) is 9.59 Å². The molecule has 20 heavy (non-hydrogen) atoms. The van der Waals surface area contributed by atoms with Crippen LogP contribution in [0.25, 0.3) is 11.3 Å². The Bertz CT molecular complexity index is 658. The van der Waals surface area contributed by atoms with E-state index in [0.717, 1.165) is 11.1 Å². The topological polar surface area (TPSA) is 79.5 Å². The first kappa shape index (κ1) is 13.9. The molecule has 5 heteroatoms. The van der Waals surface area contributed by atoms with E-state index in [0.29, 0.717) is 5.76 Å². The number of amides is 1. The first-order valence-electron chi connectivity index (χ1n) is 6.15. The van der Waals surface area contributed by atoms with Gasteiger partial charge in [-0.2, -0.15) is 0 Å². The molecule has 0 saturated carbocycles. The minimum Gasteiger partial charge on any atom is -0.480 e. The minimum atomic E-state index is -1.10. The Morgan fingerprint density at radius 1 is 1.15 bits per heavy atom. The highest BCUT2D eigenvalue weighted by Crippen LogP contribution is 2.24. The molecule has 0 aliphatic heterocycles. The van der Waals surface area contributed by atoms with Gasteiger partial charge in [0.1, 0.15) is 12.3 Å². The lowest BCUT2D eigenvalue weighted by Crippen LogP contribution is -2.28. The predicted molar refractivity (Wildman–Crippen MR) is 73.6 cm³/mol. The molecule has 1 aromatic heterocycles. The van der Waals surface area contributed by atoms with Gasteiger partial charge in [0, 0.05) is 5.56 Å². The van der Waals surface area contributed by atoms with Crippen molar-refractivity contribution in [1.29, 1.82) is 0 Å². The largest absolute Gasteiger partial charge is 0.480 e. The molecule has 2 aromatic rings. The van der Waals surface area contributed by atoms with Crippen LogP contribution in [0.15, 0.2) is 34.7 Å². The number of carbonyl (C=O) groups is 2. The Labute approximate surface area is 116 Å². The molecule has 0 aliphatic rings. The van der Waals surface area contributed by atoms with Gasteiger partial charge in [0.05, 0.1) is 0 Å². The minimum absolute atomic E-state index is 0.0967. The molecular weight excluding hydrogens is 258 g/mol. The number of carbonyl (C=O) groups excluding carboxylic acids is 1. The third-order valence-electron chi connectivity index (χ3n) is 3.02. The van der Waals surface area contributed by atoms with E-state index < -0.39 is 18.4 Å². The zero-order chi connectivity index (χ0) is 14.7. The van der Waals surface area contributed by atoms with Gasteiger partial charge in [0.15, 0.2) is 5.76 Å². The third-order valence-corrected chi connectivity index (χ3v) is 3.02. The van der Waals surface area contributed by atoms with Crippen LogP contribution in [0.1, 0.15) is 21.7 Å². The van der Waals surface area contributed by atoms with Crippen molar-refractivity contribution in [2.75, 3.05) is 6.54 Å². The molecule has 0 fully saturated rings. The molecule has 0 atom stereocenters. The smallest absolute Gasteiger partial charge is 0.322 e. The first-order chi connectivity index (χ1) is 9.47. The number of aliphatic carboxylic acids is 1. The van der Waals surface area contributed by atoms with E-state index in [2.05, 4.69) is 5.32 Å². The average molecular weight is 273 g/mol. The van der Waals surface area contributed by atoms with Gasteiger partial charge in [-0.1, -0.05) is 12.1 Å². The second kappa shape index (κ2) is 5.61. The molecule has 5 nitrogen and oxygen atoms in total. The maximum Gasteiger partial charge on any atom is 0.322 e. The third kappa shape index (κ3) is 3.06. The molecule has 2 N–H and O–H groups in total. The standard InChI is InChI=1S/C15H15NO4/c1-9-3-4-11(7-10(9)2)12-5-6-13(20-12)15(19)16-8-14(17)18/h3-7H,8H2,1-2H3,(H,16,19)(H,17,18). The summed E-state index contributed by atoms with van der Waals surface area (Å²) in [6.07, 6.45) is 0. The van der Waals surface area contributed by atoms with Crippen molar-refractivity contribution in [2.45, 2.75) is 13.8 Å². The van der Waals surface area contributed by atoms with E-state index >= 15 is 0 Å². The first-order valence-corrected chi connectivity index (χ1v) is 6.15. The van der Waals surface area contributed by atoms with Crippen LogP contribution in [0.3, 0.4) is 0 Å². The highest BCUT2D eigenvalue weighted by Gasteiger charge is 2.13. The summed E-state index contributed by atoms with van der Waals surface area (Å²) in [5.41, 5.74) is 3.20. The van der Waals surface area contributed by atoms with Crippen molar-refractivity contribution in [3.63, 3.8) is 0 Å². The maximum absolute atomic E-state index is 11.6. The van der Waals surface area contributed by atoms with E-state index in [1.807, 2.05) is 32.0 Å². The van der Waals surface area contributed by atoms with E-state index in [4.69, 9.17) is 9.52 Å². The van der Waals surface area contributed by atoms with Crippen LogP contribution in [0.5, 0.6) is 0 Å². The van der Waals surface area contributed by atoms with Crippen molar-refractivity contribution >= 4 is 11.9 Å². The molecule has 0 spiro atoms. The summed E-state index contributed by atoms with van der Waals surface area (Å²) in [7, 11) is 0. The molecule has 1 heterocycles. The maximum atomic E-state index is 11.6. The van der Waals surface area contributed by atoms with Gasteiger partial charge in [0.25, 0.3) is 5.91 Å². The van der Waals surface area contributed by atoms with Crippen LogP contribution in [0, 0.1) is 13.8 Å². The van der Waals surface area contributed by atoms with Crippen molar-refractivity contribution in [1.82, 2.24) is 5.32 Å². The summed E-state index contributed by atoms with van der Waals surface area (Å²) in [6, 6.07) is 9.10. The molecule has 0 unspecified atom stereocenters. The Hall–Kier alpha value is -2.56. The van der Waals surface area contributed by atoms with Gasteiger partial charge >= 0.3 is 5.97 Å². The van der Waals surface area contributed by atoms with Crippen molar-refractivity contribution in [3.05, 3.63) is 47.2 Å². The Morgan fingerprint density at radius 2 is 1.90 bits per heavy atom. The fourth-order valence-corrected chi connectivity index (χ4v) is 1.75. The fourth-order valence-electron chi connectivity index (χ4n) is 1.75. The Morgan fingerprint density at radius 3 is 2.55 bits per heavy atom. The number of rotatable bonds is 4. The lowest BCUT2D eigenvalue weighted by molar-refractivity contribution is -0.135. The van der Waals surface area contributed by atoms with Crippen molar-refractivity contribution in [3.8, 4) is 11.3 Å². The summed E-state index contributed by atoms with van der Waals surface area (Å²) in [5, 5.41) is 10.8. The molecule has 104 valence electrons. The number of benzene rings is 1. The molecule has 0 aliphatic carbocycles. The van der Waals surface area contributed by atoms with Gasteiger partial charge in [-0.3, -0.25) is 9.59 Å². The van der Waals surface area contributed by atoms with Crippen LogP contribution in [-0.2, 0) is 4.79 Å². The number of furan rings is 1. The van der Waals surface area contributed by atoms with Gasteiger partial charge < -0.3 is 14.8 Å². The summed E-state index contributed by atoms with van der Waals surface area (Å²) in [5.74, 6) is -0.963. The summed E-state index contributed by atoms with van der Waals surface area (Å²) < 4.78 is 5.45. The number of nitrogens with one attached hydrogen (secondary N) is 1. The van der Waals surface area contributed by atoms with E-state index in [-0.39, 0.29) is 5.76 Å². The van der Waals surface area contributed by atoms with E-state index in [1.165, 1.54) is 11.6 Å². The highest BCUT2D eigenvalue weighted by molar-refractivity contribution is 5.93. The van der Waals surface area contributed by atoms with Gasteiger partial charge in [-0.05, 0) is 43.2 Å². The summed E-state index contributed by atoms with van der Waals surface area (Å²) >= 11 is 0. The summed E-state index contributed by atoms with van der Waals surface area (Å²) in [4.78, 5) is 22.0. The van der Waals surface area contributed by atoms with Crippen molar-refractivity contribution < 1.29 is 19.1 Å².